The number of rotatable bonds is 5. The second-order valence-electron chi connectivity index (χ2n) is 4.02. The maximum absolute atomic E-state index is 11.8. The third-order valence-corrected chi connectivity index (χ3v) is 2.67. The summed E-state index contributed by atoms with van der Waals surface area (Å²) < 4.78 is 0. The van der Waals surface area contributed by atoms with E-state index in [1.54, 1.807) is 24.7 Å². The molecule has 0 bridgehead atoms. The molecule has 2 aromatic rings. The van der Waals surface area contributed by atoms with E-state index in [-0.39, 0.29) is 5.91 Å². The molecule has 0 radical (unpaired) electrons. The Labute approximate surface area is 110 Å². The Hall–Kier alpha value is -2.63. The number of H-pyrrole nitrogens is 1. The van der Waals surface area contributed by atoms with Crippen LogP contribution in [0.4, 0.5) is 0 Å². The number of carbonyl (C=O) groups excluding carboxylic acids is 2. The molecule has 0 atom stereocenters. The first-order chi connectivity index (χ1) is 9.16. The lowest BCUT2D eigenvalue weighted by Crippen LogP contribution is -2.25. The lowest BCUT2D eigenvalue weighted by Gasteiger charge is -2.04. The van der Waals surface area contributed by atoms with Gasteiger partial charge in [-0.3, -0.25) is 9.59 Å². The Balaban J connectivity index is 1.87. The van der Waals surface area contributed by atoms with Crippen LogP contribution in [0.15, 0.2) is 36.8 Å². The second kappa shape index (κ2) is 5.81. The Bertz CT molecular complexity index is 561. The number of amides is 2. The lowest BCUT2D eigenvalue weighted by atomic mass is 10.1. The fourth-order valence-electron chi connectivity index (χ4n) is 1.62. The van der Waals surface area contributed by atoms with Gasteiger partial charge in [-0.1, -0.05) is 0 Å². The van der Waals surface area contributed by atoms with Gasteiger partial charge >= 0.3 is 0 Å². The zero-order valence-electron chi connectivity index (χ0n) is 10.2. The first-order valence-corrected chi connectivity index (χ1v) is 5.82. The first kappa shape index (κ1) is 12.8. The highest BCUT2D eigenvalue weighted by Crippen LogP contribution is 2.03. The summed E-state index contributed by atoms with van der Waals surface area (Å²) in [5.74, 6) is -0.693. The highest BCUT2D eigenvalue weighted by Gasteiger charge is 2.06. The molecule has 2 rings (SSSR count). The largest absolute Gasteiger partial charge is 0.366 e. The topological polar surface area (TPSA) is 101 Å². The monoisotopic (exact) mass is 258 g/mol. The average Bonchev–Trinajstić information content (AvgIpc) is 2.92. The van der Waals surface area contributed by atoms with Crippen molar-refractivity contribution < 1.29 is 9.59 Å². The molecule has 6 nitrogen and oxygen atoms in total. The first-order valence-electron chi connectivity index (χ1n) is 5.82. The highest BCUT2D eigenvalue weighted by atomic mass is 16.2. The van der Waals surface area contributed by atoms with Gasteiger partial charge in [-0.15, -0.1) is 0 Å². The van der Waals surface area contributed by atoms with E-state index in [1.807, 2.05) is 0 Å². The second-order valence-corrected chi connectivity index (χ2v) is 4.02. The number of benzene rings is 1. The number of nitrogens with two attached hydrogens (primary N) is 1. The van der Waals surface area contributed by atoms with Crippen LogP contribution in [0.5, 0.6) is 0 Å². The average molecular weight is 258 g/mol. The molecule has 0 aliphatic rings. The van der Waals surface area contributed by atoms with Gasteiger partial charge in [0.25, 0.3) is 5.91 Å². The van der Waals surface area contributed by atoms with Crippen LogP contribution < -0.4 is 11.1 Å². The van der Waals surface area contributed by atoms with Gasteiger partial charge in [0.15, 0.2) is 0 Å². The number of imidazole rings is 1. The van der Waals surface area contributed by atoms with Crippen molar-refractivity contribution in [1.29, 1.82) is 0 Å². The molecule has 0 fully saturated rings. The van der Waals surface area contributed by atoms with Gasteiger partial charge in [0.05, 0.1) is 6.33 Å². The molecule has 6 heteroatoms. The molecular formula is C13H14N4O2. The Morgan fingerprint density at radius 1 is 1.21 bits per heavy atom. The van der Waals surface area contributed by atoms with E-state index < -0.39 is 5.91 Å². The molecule has 0 saturated carbocycles. The summed E-state index contributed by atoms with van der Waals surface area (Å²) in [6.07, 6.45) is 4.00. The Morgan fingerprint density at radius 3 is 2.47 bits per heavy atom. The molecule has 1 aromatic heterocycles. The standard InChI is InChI=1S/C13H14N4O2/c14-12(18)9-1-3-10(4-2-9)13(19)16-6-5-11-7-15-8-17-11/h1-4,7-8H,5-6H2,(H2,14,18)(H,15,17)(H,16,19). The molecule has 4 N–H and O–H groups in total. The summed E-state index contributed by atoms with van der Waals surface area (Å²) in [6.45, 7) is 0.512. The van der Waals surface area contributed by atoms with Crippen molar-refractivity contribution in [2.24, 2.45) is 5.73 Å². The van der Waals surface area contributed by atoms with E-state index in [0.717, 1.165) is 5.69 Å². The van der Waals surface area contributed by atoms with Crippen LogP contribution in [0.25, 0.3) is 0 Å². The summed E-state index contributed by atoms with van der Waals surface area (Å²) in [4.78, 5) is 29.5. The minimum Gasteiger partial charge on any atom is -0.366 e. The fourth-order valence-corrected chi connectivity index (χ4v) is 1.62. The van der Waals surface area contributed by atoms with Crippen molar-refractivity contribution in [3.05, 3.63) is 53.6 Å². The van der Waals surface area contributed by atoms with Gasteiger partial charge in [-0.2, -0.15) is 0 Å². The van der Waals surface area contributed by atoms with E-state index >= 15 is 0 Å². The van der Waals surface area contributed by atoms with Crippen LogP contribution >= 0.6 is 0 Å². The van der Waals surface area contributed by atoms with E-state index in [4.69, 9.17) is 5.73 Å². The number of nitrogens with zero attached hydrogens (tertiary/aromatic N) is 1. The Kier molecular flexibility index (Phi) is 3.92. The predicted octanol–water partition coefficient (Wildman–Crippen LogP) is 0.481. The van der Waals surface area contributed by atoms with Crippen LogP contribution in [-0.4, -0.2) is 28.3 Å². The quantitative estimate of drug-likeness (QED) is 0.727. The molecule has 0 unspecified atom stereocenters. The van der Waals surface area contributed by atoms with Gasteiger partial charge < -0.3 is 16.0 Å². The maximum atomic E-state index is 11.8. The fraction of sp³-hybridized carbons (Fsp3) is 0.154. The summed E-state index contributed by atoms with van der Waals surface area (Å²) in [7, 11) is 0. The molecule has 0 saturated heterocycles. The van der Waals surface area contributed by atoms with Crippen LogP contribution in [-0.2, 0) is 6.42 Å². The zero-order valence-corrected chi connectivity index (χ0v) is 10.2. The molecule has 1 heterocycles. The molecule has 0 spiro atoms. The number of carbonyl (C=O) groups is 2. The number of hydrogen-bond donors (Lipinski definition) is 3. The summed E-state index contributed by atoms with van der Waals surface area (Å²) in [5, 5.41) is 2.78. The SMILES string of the molecule is NC(=O)c1ccc(C(=O)NCCc2cnc[nH]2)cc1. The minimum atomic E-state index is -0.508. The number of nitrogens with one attached hydrogen (secondary N) is 2. The number of aromatic amines is 1. The number of hydrogen-bond acceptors (Lipinski definition) is 3. The van der Waals surface area contributed by atoms with E-state index in [9.17, 15) is 9.59 Å². The van der Waals surface area contributed by atoms with Gasteiger partial charge in [0.1, 0.15) is 0 Å². The molecular weight excluding hydrogens is 244 g/mol. The summed E-state index contributed by atoms with van der Waals surface area (Å²) >= 11 is 0. The molecule has 0 aliphatic carbocycles. The van der Waals surface area contributed by atoms with E-state index in [2.05, 4.69) is 15.3 Å². The highest BCUT2D eigenvalue weighted by molar-refractivity contribution is 5.97. The molecule has 0 aliphatic heterocycles. The summed E-state index contributed by atoms with van der Waals surface area (Å²) in [5.41, 5.74) is 6.97. The molecule has 98 valence electrons. The van der Waals surface area contributed by atoms with E-state index in [0.29, 0.717) is 24.1 Å². The number of primary amides is 1. The van der Waals surface area contributed by atoms with Crippen LogP contribution in [0, 0.1) is 0 Å². The van der Waals surface area contributed by atoms with Crippen molar-refractivity contribution in [2.75, 3.05) is 6.54 Å². The van der Waals surface area contributed by atoms with Gasteiger partial charge in [-0.05, 0) is 24.3 Å². The number of aromatic nitrogens is 2. The van der Waals surface area contributed by atoms with Crippen molar-refractivity contribution >= 4 is 11.8 Å². The predicted molar refractivity (Wildman–Crippen MR) is 69.6 cm³/mol. The van der Waals surface area contributed by atoms with Crippen LogP contribution in [0.1, 0.15) is 26.4 Å². The van der Waals surface area contributed by atoms with Gasteiger partial charge in [-0.25, -0.2) is 4.98 Å². The third kappa shape index (κ3) is 3.41. The summed E-state index contributed by atoms with van der Waals surface area (Å²) in [6, 6.07) is 6.22. The third-order valence-electron chi connectivity index (χ3n) is 2.67. The van der Waals surface area contributed by atoms with Crippen molar-refractivity contribution in [1.82, 2.24) is 15.3 Å². The van der Waals surface area contributed by atoms with Crippen molar-refractivity contribution in [3.63, 3.8) is 0 Å². The maximum Gasteiger partial charge on any atom is 0.251 e. The van der Waals surface area contributed by atoms with E-state index in [1.165, 1.54) is 12.1 Å². The zero-order chi connectivity index (χ0) is 13.7. The van der Waals surface area contributed by atoms with Crippen LogP contribution in [0.3, 0.4) is 0 Å². The Morgan fingerprint density at radius 2 is 1.89 bits per heavy atom. The molecule has 2 amide bonds. The van der Waals surface area contributed by atoms with Crippen molar-refractivity contribution in [2.45, 2.75) is 6.42 Å². The normalized spacial score (nSPS) is 10.1. The van der Waals surface area contributed by atoms with Gasteiger partial charge in [0, 0.05) is 36.0 Å². The van der Waals surface area contributed by atoms with Gasteiger partial charge in [0.2, 0.25) is 5.91 Å². The van der Waals surface area contributed by atoms with Crippen molar-refractivity contribution in [3.8, 4) is 0 Å². The lowest BCUT2D eigenvalue weighted by molar-refractivity contribution is 0.0951. The minimum absolute atomic E-state index is 0.185. The van der Waals surface area contributed by atoms with Crippen LogP contribution in [0.2, 0.25) is 0 Å². The smallest absolute Gasteiger partial charge is 0.251 e. The molecule has 1 aromatic carbocycles. The molecule has 19 heavy (non-hydrogen) atoms.